The van der Waals surface area contributed by atoms with Crippen LogP contribution in [0.5, 0.6) is 0 Å². The molecule has 0 aliphatic carbocycles. The lowest BCUT2D eigenvalue weighted by molar-refractivity contribution is -0.143. The summed E-state index contributed by atoms with van der Waals surface area (Å²) in [7, 11) is 0. The smallest absolute Gasteiger partial charge is 0.333 e. The van der Waals surface area contributed by atoms with Crippen LogP contribution in [-0.2, 0) is 9.53 Å². The maximum atomic E-state index is 11.4. The van der Waals surface area contributed by atoms with Crippen LogP contribution in [0.2, 0.25) is 0 Å². The van der Waals surface area contributed by atoms with Crippen molar-refractivity contribution in [2.24, 2.45) is 5.92 Å². The van der Waals surface area contributed by atoms with E-state index in [1.807, 2.05) is 0 Å². The van der Waals surface area contributed by atoms with Gasteiger partial charge in [-0.05, 0) is 25.2 Å². The number of cyclic esters (lactones) is 1. The van der Waals surface area contributed by atoms with Gasteiger partial charge in [-0.25, -0.2) is 4.79 Å². The topological polar surface area (TPSA) is 26.3 Å². The number of esters is 1. The Morgan fingerprint density at radius 2 is 2.20 bits per heavy atom. The molecule has 0 N–H and O–H groups in total. The molecule has 15 heavy (non-hydrogen) atoms. The molecule has 0 aromatic rings. The largest absolute Gasteiger partial charge is 0.462 e. The molecular formula is C13H22O2. The molecule has 1 rings (SSSR count). The Balaban J connectivity index is 2.27. The van der Waals surface area contributed by atoms with Crippen molar-refractivity contribution in [2.75, 3.05) is 6.61 Å². The van der Waals surface area contributed by atoms with Crippen LogP contribution < -0.4 is 0 Å². The molecule has 1 heterocycles. The summed E-state index contributed by atoms with van der Waals surface area (Å²) < 4.78 is 5.07. The van der Waals surface area contributed by atoms with Crippen molar-refractivity contribution >= 4 is 5.97 Å². The van der Waals surface area contributed by atoms with Gasteiger partial charge < -0.3 is 4.74 Å². The molecule has 0 aromatic heterocycles. The van der Waals surface area contributed by atoms with Crippen LogP contribution in [-0.4, -0.2) is 12.6 Å². The molecule has 2 heteroatoms. The fourth-order valence-electron chi connectivity index (χ4n) is 1.84. The molecule has 0 bridgehead atoms. The first-order chi connectivity index (χ1) is 7.24. The van der Waals surface area contributed by atoms with E-state index >= 15 is 0 Å². The zero-order valence-electron chi connectivity index (χ0n) is 9.92. The highest BCUT2D eigenvalue weighted by Gasteiger charge is 2.20. The normalized spacial score (nSPS) is 24.3. The van der Waals surface area contributed by atoms with Gasteiger partial charge in [0.05, 0.1) is 6.61 Å². The molecule has 86 valence electrons. The van der Waals surface area contributed by atoms with Gasteiger partial charge in [0, 0.05) is 5.57 Å². The summed E-state index contributed by atoms with van der Waals surface area (Å²) >= 11 is 0. The molecule has 1 unspecified atom stereocenters. The Bertz CT molecular complexity index is 231. The average Bonchev–Trinajstić information content (AvgIpc) is 2.23. The fraction of sp³-hybridized carbons (Fsp3) is 0.769. The van der Waals surface area contributed by atoms with Crippen LogP contribution >= 0.6 is 0 Å². The highest BCUT2D eigenvalue weighted by molar-refractivity contribution is 5.89. The third-order valence-corrected chi connectivity index (χ3v) is 2.78. The minimum atomic E-state index is -0.0939. The Morgan fingerprint density at radius 3 is 2.93 bits per heavy atom. The molecule has 1 saturated heterocycles. The van der Waals surface area contributed by atoms with Crippen LogP contribution in [0, 0.1) is 5.92 Å². The monoisotopic (exact) mass is 210 g/mol. The van der Waals surface area contributed by atoms with Crippen LogP contribution in [0.1, 0.15) is 52.4 Å². The summed E-state index contributed by atoms with van der Waals surface area (Å²) in [5.41, 5.74) is 0.894. The van der Waals surface area contributed by atoms with Crippen molar-refractivity contribution in [3.8, 4) is 0 Å². The van der Waals surface area contributed by atoms with E-state index in [0.29, 0.717) is 12.5 Å². The van der Waals surface area contributed by atoms with Gasteiger partial charge in [0.1, 0.15) is 0 Å². The van der Waals surface area contributed by atoms with Crippen molar-refractivity contribution in [1.82, 2.24) is 0 Å². The Hall–Kier alpha value is -0.790. The molecule has 1 atom stereocenters. The van der Waals surface area contributed by atoms with Crippen molar-refractivity contribution in [3.63, 3.8) is 0 Å². The first kappa shape index (κ1) is 12.3. The third kappa shape index (κ3) is 4.50. The lowest BCUT2D eigenvalue weighted by Gasteiger charge is -2.20. The number of hydrogen-bond donors (Lipinski definition) is 0. The van der Waals surface area contributed by atoms with Gasteiger partial charge in [0.2, 0.25) is 0 Å². The van der Waals surface area contributed by atoms with Gasteiger partial charge in [-0.1, -0.05) is 39.2 Å². The zero-order valence-corrected chi connectivity index (χ0v) is 9.92. The first-order valence-corrected chi connectivity index (χ1v) is 6.10. The summed E-state index contributed by atoms with van der Waals surface area (Å²) in [4.78, 5) is 11.4. The molecule has 2 nitrogen and oxygen atoms in total. The van der Waals surface area contributed by atoms with E-state index in [4.69, 9.17) is 4.74 Å². The van der Waals surface area contributed by atoms with Crippen LogP contribution in [0.3, 0.4) is 0 Å². The predicted molar refractivity (Wildman–Crippen MR) is 61.6 cm³/mol. The van der Waals surface area contributed by atoms with Gasteiger partial charge in [-0.15, -0.1) is 0 Å². The number of hydrogen-bond acceptors (Lipinski definition) is 2. The molecule has 0 radical (unpaired) electrons. The van der Waals surface area contributed by atoms with E-state index in [1.54, 1.807) is 0 Å². The minimum absolute atomic E-state index is 0.0939. The van der Waals surface area contributed by atoms with E-state index in [-0.39, 0.29) is 5.97 Å². The number of carbonyl (C=O) groups excluding carboxylic acids is 1. The van der Waals surface area contributed by atoms with Gasteiger partial charge >= 0.3 is 5.97 Å². The van der Waals surface area contributed by atoms with Crippen molar-refractivity contribution in [2.45, 2.75) is 52.4 Å². The van der Waals surface area contributed by atoms with E-state index < -0.39 is 0 Å². The van der Waals surface area contributed by atoms with E-state index in [0.717, 1.165) is 18.4 Å². The van der Waals surface area contributed by atoms with Gasteiger partial charge in [-0.2, -0.15) is 0 Å². The Morgan fingerprint density at radius 1 is 1.40 bits per heavy atom. The number of carbonyl (C=O) groups is 1. The van der Waals surface area contributed by atoms with Crippen LogP contribution in [0.4, 0.5) is 0 Å². The first-order valence-electron chi connectivity index (χ1n) is 6.10. The second-order valence-electron chi connectivity index (χ2n) is 4.49. The van der Waals surface area contributed by atoms with Crippen molar-refractivity contribution in [1.29, 1.82) is 0 Å². The number of unbranched alkanes of at least 4 members (excludes halogenated alkanes) is 4. The van der Waals surface area contributed by atoms with Crippen molar-refractivity contribution in [3.05, 3.63) is 11.6 Å². The average molecular weight is 210 g/mol. The highest BCUT2D eigenvalue weighted by Crippen LogP contribution is 2.20. The second-order valence-corrected chi connectivity index (χ2v) is 4.49. The predicted octanol–water partition coefficient (Wildman–Crippen LogP) is 3.47. The Labute approximate surface area is 92.7 Å². The SMILES string of the molecule is CCCCCC/C=C1/CC(C)COC1=O. The lowest BCUT2D eigenvalue weighted by atomic mass is 9.98. The summed E-state index contributed by atoms with van der Waals surface area (Å²) in [6.45, 7) is 4.92. The quantitative estimate of drug-likeness (QED) is 0.394. The van der Waals surface area contributed by atoms with Crippen LogP contribution in [0.15, 0.2) is 11.6 Å². The summed E-state index contributed by atoms with van der Waals surface area (Å²) in [5.74, 6) is 0.396. The number of ether oxygens (including phenoxy) is 1. The third-order valence-electron chi connectivity index (χ3n) is 2.78. The molecule has 0 amide bonds. The fourth-order valence-corrected chi connectivity index (χ4v) is 1.84. The molecule has 0 aromatic carbocycles. The molecular weight excluding hydrogens is 188 g/mol. The molecule has 1 aliphatic rings. The highest BCUT2D eigenvalue weighted by atomic mass is 16.5. The molecule has 1 fully saturated rings. The van der Waals surface area contributed by atoms with Gasteiger partial charge in [-0.3, -0.25) is 0 Å². The standard InChI is InChI=1S/C13H22O2/c1-3-4-5-6-7-8-12-9-11(2)10-15-13(12)14/h8,11H,3-7,9-10H2,1-2H3/b12-8-. The number of rotatable bonds is 5. The maximum absolute atomic E-state index is 11.4. The Kier molecular flexibility index (Phi) is 5.44. The van der Waals surface area contributed by atoms with Gasteiger partial charge in [0.15, 0.2) is 0 Å². The molecule has 1 aliphatic heterocycles. The minimum Gasteiger partial charge on any atom is -0.462 e. The number of allylic oxidation sites excluding steroid dienone is 1. The van der Waals surface area contributed by atoms with Gasteiger partial charge in [0.25, 0.3) is 0 Å². The zero-order chi connectivity index (χ0) is 11.1. The van der Waals surface area contributed by atoms with Crippen LogP contribution in [0.25, 0.3) is 0 Å². The summed E-state index contributed by atoms with van der Waals surface area (Å²) in [5, 5.41) is 0. The van der Waals surface area contributed by atoms with E-state index in [9.17, 15) is 4.79 Å². The molecule has 0 saturated carbocycles. The van der Waals surface area contributed by atoms with Crippen molar-refractivity contribution < 1.29 is 9.53 Å². The van der Waals surface area contributed by atoms with E-state index in [2.05, 4.69) is 19.9 Å². The summed E-state index contributed by atoms with van der Waals surface area (Å²) in [6, 6.07) is 0. The van der Waals surface area contributed by atoms with E-state index in [1.165, 1.54) is 25.7 Å². The lowest BCUT2D eigenvalue weighted by Crippen LogP contribution is -2.22. The molecule has 0 spiro atoms. The summed E-state index contributed by atoms with van der Waals surface area (Å²) in [6.07, 6.45) is 9.01. The maximum Gasteiger partial charge on any atom is 0.333 e. The second kappa shape index (κ2) is 6.65.